The van der Waals surface area contributed by atoms with Gasteiger partial charge < -0.3 is 0 Å². The van der Waals surface area contributed by atoms with Crippen molar-refractivity contribution in [3.63, 3.8) is 0 Å². The van der Waals surface area contributed by atoms with E-state index < -0.39 is 0 Å². The lowest BCUT2D eigenvalue weighted by atomic mass is 9.96. The summed E-state index contributed by atoms with van der Waals surface area (Å²) in [5, 5.41) is 8.57. The summed E-state index contributed by atoms with van der Waals surface area (Å²) >= 11 is 6.24. The van der Waals surface area contributed by atoms with Crippen LogP contribution in [0.3, 0.4) is 0 Å². The fourth-order valence-electron chi connectivity index (χ4n) is 2.23. The van der Waals surface area contributed by atoms with E-state index in [1.807, 2.05) is 45.0 Å². The predicted octanol–water partition coefficient (Wildman–Crippen LogP) is 3.20. The standard InChI is InChI=1S/C17H16ClN5/c1-5-11-8-6-7-9-12(11)10-23-15-13(21-22-23)14(18)19-16(20-15)17(2,3)4/h1,6-9H,10H2,2-4H3. The van der Waals surface area contributed by atoms with Crippen molar-refractivity contribution >= 4 is 22.8 Å². The topological polar surface area (TPSA) is 56.5 Å². The monoisotopic (exact) mass is 325 g/mol. The molecule has 0 saturated heterocycles. The summed E-state index contributed by atoms with van der Waals surface area (Å²) in [5.41, 5.74) is 2.70. The molecule has 0 spiro atoms. The van der Waals surface area contributed by atoms with Crippen molar-refractivity contribution in [3.05, 3.63) is 46.4 Å². The van der Waals surface area contributed by atoms with E-state index in [2.05, 4.69) is 26.2 Å². The highest BCUT2D eigenvalue weighted by atomic mass is 35.5. The number of hydrogen-bond donors (Lipinski definition) is 0. The van der Waals surface area contributed by atoms with Gasteiger partial charge in [0.1, 0.15) is 5.82 Å². The molecular weight excluding hydrogens is 310 g/mol. The minimum Gasteiger partial charge on any atom is -0.222 e. The Hall–Kier alpha value is -2.45. The molecule has 5 nitrogen and oxygen atoms in total. The first-order chi connectivity index (χ1) is 10.9. The highest BCUT2D eigenvalue weighted by Crippen LogP contribution is 2.25. The van der Waals surface area contributed by atoms with E-state index in [0.717, 1.165) is 11.1 Å². The Labute approximate surface area is 139 Å². The lowest BCUT2D eigenvalue weighted by Crippen LogP contribution is -2.17. The van der Waals surface area contributed by atoms with Crippen LogP contribution in [0.5, 0.6) is 0 Å². The third-order valence-corrected chi connectivity index (χ3v) is 3.75. The highest BCUT2D eigenvalue weighted by molar-refractivity contribution is 6.33. The summed E-state index contributed by atoms with van der Waals surface area (Å²) in [5.74, 6) is 3.34. The van der Waals surface area contributed by atoms with E-state index in [4.69, 9.17) is 18.0 Å². The summed E-state index contributed by atoms with van der Waals surface area (Å²) in [4.78, 5) is 8.94. The number of rotatable bonds is 2. The molecule has 6 heteroatoms. The lowest BCUT2D eigenvalue weighted by Gasteiger charge is -2.16. The zero-order valence-electron chi connectivity index (χ0n) is 13.2. The molecule has 2 aromatic heterocycles. The van der Waals surface area contributed by atoms with Gasteiger partial charge in [-0.25, -0.2) is 14.6 Å². The molecule has 2 heterocycles. The molecule has 3 rings (SSSR count). The Morgan fingerprint density at radius 1 is 1.22 bits per heavy atom. The Morgan fingerprint density at radius 2 is 1.96 bits per heavy atom. The van der Waals surface area contributed by atoms with Gasteiger partial charge in [-0.1, -0.05) is 61.7 Å². The fourth-order valence-corrected chi connectivity index (χ4v) is 2.43. The van der Waals surface area contributed by atoms with Crippen LogP contribution in [0.2, 0.25) is 5.15 Å². The molecule has 0 atom stereocenters. The average molecular weight is 326 g/mol. The summed E-state index contributed by atoms with van der Waals surface area (Å²) in [6, 6.07) is 7.72. The molecule has 0 amide bonds. The van der Waals surface area contributed by atoms with Crippen LogP contribution < -0.4 is 0 Å². The molecule has 0 fully saturated rings. The summed E-state index contributed by atoms with van der Waals surface area (Å²) in [7, 11) is 0. The molecule has 23 heavy (non-hydrogen) atoms. The summed E-state index contributed by atoms with van der Waals surface area (Å²) in [6.07, 6.45) is 5.56. The zero-order chi connectivity index (χ0) is 16.6. The summed E-state index contributed by atoms with van der Waals surface area (Å²) in [6.45, 7) is 6.58. The van der Waals surface area contributed by atoms with Crippen molar-refractivity contribution < 1.29 is 0 Å². The molecule has 0 aliphatic carbocycles. The number of nitrogens with zero attached hydrogens (tertiary/aromatic N) is 5. The van der Waals surface area contributed by atoms with Gasteiger partial charge in [-0.05, 0) is 11.6 Å². The van der Waals surface area contributed by atoms with Crippen molar-refractivity contribution in [3.8, 4) is 12.3 Å². The molecule has 0 saturated carbocycles. The van der Waals surface area contributed by atoms with Crippen LogP contribution in [0.1, 0.15) is 37.7 Å². The minimum atomic E-state index is -0.219. The van der Waals surface area contributed by atoms with Gasteiger partial charge >= 0.3 is 0 Å². The van der Waals surface area contributed by atoms with Crippen LogP contribution >= 0.6 is 11.6 Å². The SMILES string of the molecule is C#Cc1ccccc1Cn1nnc2c(Cl)nc(C(C)(C)C)nc21. The van der Waals surface area contributed by atoms with Gasteiger partial charge in [-0.15, -0.1) is 11.5 Å². The predicted molar refractivity (Wildman–Crippen MR) is 90.3 cm³/mol. The Morgan fingerprint density at radius 3 is 2.65 bits per heavy atom. The van der Waals surface area contributed by atoms with Gasteiger partial charge in [-0.2, -0.15) is 0 Å². The minimum absolute atomic E-state index is 0.219. The largest absolute Gasteiger partial charge is 0.222 e. The van der Waals surface area contributed by atoms with Gasteiger partial charge in [0.15, 0.2) is 16.3 Å². The molecule has 0 aliphatic rings. The summed E-state index contributed by atoms with van der Waals surface area (Å²) < 4.78 is 1.70. The van der Waals surface area contributed by atoms with E-state index in [9.17, 15) is 0 Å². The lowest BCUT2D eigenvalue weighted by molar-refractivity contribution is 0.545. The highest BCUT2D eigenvalue weighted by Gasteiger charge is 2.22. The van der Waals surface area contributed by atoms with E-state index in [0.29, 0.717) is 28.7 Å². The number of fused-ring (bicyclic) bond motifs is 1. The number of hydrogen-bond acceptors (Lipinski definition) is 4. The second kappa shape index (κ2) is 5.64. The maximum Gasteiger partial charge on any atom is 0.183 e. The molecule has 0 N–H and O–H groups in total. The second-order valence-corrected chi connectivity index (χ2v) is 6.67. The maximum absolute atomic E-state index is 6.24. The second-order valence-electron chi connectivity index (χ2n) is 6.31. The van der Waals surface area contributed by atoms with Gasteiger partial charge in [0.05, 0.1) is 6.54 Å². The fraction of sp³-hybridized carbons (Fsp3) is 0.294. The van der Waals surface area contributed by atoms with E-state index in [1.54, 1.807) is 4.68 Å². The van der Waals surface area contributed by atoms with Crippen molar-refractivity contribution in [1.82, 2.24) is 25.0 Å². The van der Waals surface area contributed by atoms with Gasteiger partial charge in [-0.3, -0.25) is 0 Å². The van der Waals surface area contributed by atoms with Crippen LogP contribution in [0, 0.1) is 12.3 Å². The maximum atomic E-state index is 6.24. The molecule has 3 aromatic rings. The molecule has 0 radical (unpaired) electrons. The van der Waals surface area contributed by atoms with Crippen LogP contribution in [-0.2, 0) is 12.0 Å². The van der Waals surface area contributed by atoms with Crippen molar-refractivity contribution in [1.29, 1.82) is 0 Å². The van der Waals surface area contributed by atoms with Crippen LogP contribution in [0.25, 0.3) is 11.2 Å². The normalized spacial score (nSPS) is 11.6. The van der Waals surface area contributed by atoms with Crippen LogP contribution in [-0.4, -0.2) is 25.0 Å². The van der Waals surface area contributed by atoms with E-state index in [1.165, 1.54) is 0 Å². The number of benzene rings is 1. The average Bonchev–Trinajstić information content (AvgIpc) is 2.91. The smallest absolute Gasteiger partial charge is 0.183 e. The van der Waals surface area contributed by atoms with Crippen molar-refractivity contribution in [2.75, 3.05) is 0 Å². The first-order valence-electron chi connectivity index (χ1n) is 7.22. The first kappa shape index (κ1) is 15.4. The Balaban J connectivity index is 2.12. The van der Waals surface area contributed by atoms with Crippen LogP contribution in [0.4, 0.5) is 0 Å². The third-order valence-electron chi connectivity index (χ3n) is 3.48. The number of terminal acetylenes is 1. The van der Waals surface area contributed by atoms with Gasteiger partial charge in [0, 0.05) is 11.0 Å². The first-order valence-corrected chi connectivity index (χ1v) is 7.59. The number of halogens is 1. The van der Waals surface area contributed by atoms with Crippen molar-refractivity contribution in [2.24, 2.45) is 0 Å². The van der Waals surface area contributed by atoms with Gasteiger partial charge in [0.25, 0.3) is 0 Å². The zero-order valence-corrected chi connectivity index (χ0v) is 14.0. The quantitative estimate of drug-likeness (QED) is 0.536. The van der Waals surface area contributed by atoms with Crippen LogP contribution in [0.15, 0.2) is 24.3 Å². The van der Waals surface area contributed by atoms with E-state index in [-0.39, 0.29) is 5.41 Å². The molecule has 0 bridgehead atoms. The molecule has 1 aromatic carbocycles. The Kier molecular flexibility index (Phi) is 3.78. The third kappa shape index (κ3) is 2.90. The molecular formula is C17H16ClN5. The molecule has 0 aliphatic heterocycles. The van der Waals surface area contributed by atoms with E-state index >= 15 is 0 Å². The molecule has 0 unspecified atom stereocenters. The van der Waals surface area contributed by atoms with Crippen molar-refractivity contribution in [2.45, 2.75) is 32.7 Å². The molecule has 116 valence electrons. The van der Waals surface area contributed by atoms with Gasteiger partial charge in [0.2, 0.25) is 0 Å². The number of aromatic nitrogens is 5. The Bertz CT molecular complexity index is 915.